The Bertz CT molecular complexity index is 2750. The van der Waals surface area contributed by atoms with E-state index in [4.69, 9.17) is 20.2 Å². The maximum atomic E-state index is 13.7. The summed E-state index contributed by atoms with van der Waals surface area (Å²) < 4.78 is 13.1. The highest BCUT2D eigenvalue weighted by Gasteiger charge is 2.45. The van der Waals surface area contributed by atoms with E-state index in [1.54, 1.807) is 55.7 Å². The number of carbonyl (C=O) groups excluding carboxylic acids is 7. The van der Waals surface area contributed by atoms with E-state index in [0.717, 1.165) is 27.0 Å². The Kier molecular flexibility index (Phi) is 14.7. The normalized spacial score (nSPS) is 16.7. The van der Waals surface area contributed by atoms with Crippen molar-refractivity contribution in [3.05, 3.63) is 98.9 Å². The molecule has 3 aliphatic rings. The van der Waals surface area contributed by atoms with Gasteiger partial charge in [-0.1, -0.05) is 39.8 Å². The highest BCUT2D eigenvalue weighted by atomic mass is 16.6. The number of aromatic nitrogens is 2. The Hall–Kier alpha value is -7.41. The van der Waals surface area contributed by atoms with Gasteiger partial charge in [0, 0.05) is 53.9 Å². The first-order valence-corrected chi connectivity index (χ1v) is 22.8. The Labute approximate surface area is 391 Å². The van der Waals surface area contributed by atoms with Crippen LogP contribution in [0.15, 0.2) is 65.5 Å². The molecule has 7 amide bonds. The fourth-order valence-corrected chi connectivity index (χ4v) is 8.75. The molecule has 5 heterocycles. The lowest BCUT2D eigenvalue weighted by molar-refractivity contribution is -0.172. The molecule has 2 aromatic carbocycles. The third-order valence-corrected chi connectivity index (χ3v) is 12.6. The number of primary amides is 1. The number of pyridine rings is 2. The Morgan fingerprint density at radius 2 is 1.66 bits per heavy atom. The summed E-state index contributed by atoms with van der Waals surface area (Å²) in [6, 6.07) is 11.5. The van der Waals surface area contributed by atoms with Crippen LogP contribution in [0, 0.1) is 5.92 Å². The number of urea groups is 1. The summed E-state index contributed by atoms with van der Waals surface area (Å²) in [4.78, 5) is 107. The molecule has 2 aromatic heterocycles. The fraction of sp³-hybridized carbons (Fsp3) is 0.408. The molecule has 0 saturated heterocycles. The van der Waals surface area contributed by atoms with E-state index in [1.165, 1.54) is 12.2 Å². The van der Waals surface area contributed by atoms with E-state index >= 15 is 0 Å². The number of esters is 1. The fourth-order valence-electron chi connectivity index (χ4n) is 8.75. The zero-order chi connectivity index (χ0) is 48.9. The lowest BCUT2D eigenvalue weighted by Gasteiger charge is -2.31. The molecule has 4 aromatic rings. The number of nitrogens with zero attached hydrogens (tertiary/aromatic N) is 3. The van der Waals surface area contributed by atoms with Crippen LogP contribution in [-0.4, -0.2) is 86.3 Å². The van der Waals surface area contributed by atoms with Crippen molar-refractivity contribution in [2.45, 2.75) is 110 Å². The van der Waals surface area contributed by atoms with Crippen LogP contribution in [0.2, 0.25) is 0 Å². The number of aryl methyl sites for hydroxylation is 1. The number of aliphatic hydroxyl groups is 1. The second-order valence-corrected chi connectivity index (χ2v) is 17.4. The van der Waals surface area contributed by atoms with Crippen LogP contribution < -0.4 is 37.3 Å². The van der Waals surface area contributed by atoms with Gasteiger partial charge in [0.05, 0.1) is 29.0 Å². The van der Waals surface area contributed by atoms with Crippen molar-refractivity contribution < 1.29 is 48.1 Å². The van der Waals surface area contributed by atoms with Crippen molar-refractivity contribution in [3.63, 3.8) is 0 Å². The number of carbonyl (C=O) groups is 7. The van der Waals surface area contributed by atoms with Crippen LogP contribution in [0.25, 0.3) is 22.3 Å². The van der Waals surface area contributed by atoms with Crippen LogP contribution >= 0.6 is 0 Å². The smallest absolute Gasteiger partial charge is 0.343 e. The van der Waals surface area contributed by atoms with Gasteiger partial charge in [0.1, 0.15) is 31.0 Å². The van der Waals surface area contributed by atoms with E-state index in [0.29, 0.717) is 54.0 Å². The van der Waals surface area contributed by atoms with Crippen molar-refractivity contribution >= 4 is 58.1 Å². The first-order chi connectivity index (χ1) is 32.5. The number of nitrogens with two attached hydrogens (primary N) is 1. The topological polar surface area (TPSA) is 270 Å². The Balaban J connectivity index is 0.979. The first-order valence-electron chi connectivity index (χ1n) is 22.8. The maximum absolute atomic E-state index is 13.7. The van der Waals surface area contributed by atoms with Gasteiger partial charge in [-0.15, -0.1) is 0 Å². The van der Waals surface area contributed by atoms with Gasteiger partial charge in [-0.25, -0.2) is 14.6 Å². The van der Waals surface area contributed by atoms with Crippen molar-refractivity contribution in [1.82, 2.24) is 30.4 Å². The minimum absolute atomic E-state index is 0.0504. The monoisotopic (exact) mass is 932 g/mol. The number of hydrogen-bond donors (Lipinski definition) is 6. The van der Waals surface area contributed by atoms with Crippen LogP contribution in [-0.2, 0) is 65.3 Å². The zero-order valence-corrected chi connectivity index (χ0v) is 38.4. The third-order valence-electron chi connectivity index (χ3n) is 12.6. The van der Waals surface area contributed by atoms with Gasteiger partial charge in [0.2, 0.25) is 17.7 Å². The molecule has 68 heavy (non-hydrogen) atoms. The van der Waals surface area contributed by atoms with Crippen LogP contribution in [0.3, 0.4) is 0 Å². The Morgan fingerprint density at radius 3 is 2.34 bits per heavy atom. The molecule has 0 aliphatic carbocycles. The van der Waals surface area contributed by atoms with Gasteiger partial charge in [-0.2, -0.15) is 0 Å². The molecule has 3 atom stereocenters. The number of cyclic esters (lactones) is 1. The minimum atomic E-state index is -1.92. The van der Waals surface area contributed by atoms with Gasteiger partial charge in [-0.05, 0) is 92.0 Å². The maximum Gasteiger partial charge on any atom is 0.343 e. The van der Waals surface area contributed by atoms with Gasteiger partial charge in [0.25, 0.3) is 17.4 Å². The predicted molar refractivity (Wildman–Crippen MR) is 249 cm³/mol. The number of nitrogens with one attached hydrogen (secondary N) is 4. The molecule has 7 N–H and O–H groups in total. The highest BCUT2D eigenvalue weighted by molar-refractivity contribution is 6.12. The SMILES string of the molecule is CCc1c2c(nc3ccc(OCc4ccc(NC(=O)[C@H](CCCNC(N)=O)NC(=O)[C@@H](NC(=O)CCCCN5C(=O)C=CC5=O)C(C)C)cc4)cc13)-c1cc3c(c(=O)n1C2)COC(=O)[C@]3(O)CC. The standard InChI is InChI=1S/C49H56N8O11/c1-5-31-32-22-30(16-17-36(32)53-43-33(31)24-57-38(43)23-35-34(46(57)63)26-68-47(64)49(35,66)6-2)67-25-28-12-14-29(15-13-28)52-44(61)37(10-9-20-51-48(50)65)54-45(62)42(27(3)4)55-39(58)11-7-8-21-56-40(59)18-19-41(56)60/h12-19,22-23,27,37,42,66H,5-11,20-21,24-26H2,1-4H3,(H,52,61)(H,54,62)(H,55,58)(H3,50,51,65)/t37-,42-,49-/m0/s1. The summed E-state index contributed by atoms with van der Waals surface area (Å²) in [5, 5.41) is 23.0. The molecule has 0 spiro atoms. The van der Waals surface area contributed by atoms with Crippen LogP contribution in [0.5, 0.6) is 5.75 Å². The average Bonchev–Trinajstić information content (AvgIpc) is 3.85. The molecule has 0 bridgehead atoms. The van der Waals surface area contributed by atoms with E-state index in [-0.39, 0.29) is 74.7 Å². The summed E-state index contributed by atoms with van der Waals surface area (Å²) in [7, 11) is 0. The molecule has 19 nitrogen and oxygen atoms in total. The molecule has 0 saturated carbocycles. The van der Waals surface area contributed by atoms with E-state index in [9.17, 15) is 43.5 Å². The first kappa shape index (κ1) is 48.5. The molecular weight excluding hydrogens is 877 g/mol. The number of benzene rings is 2. The summed E-state index contributed by atoms with van der Waals surface area (Å²) in [6.45, 7) is 7.82. The van der Waals surface area contributed by atoms with Crippen molar-refractivity contribution in [3.8, 4) is 17.1 Å². The molecule has 0 unspecified atom stereocenters. The van der Waals surface area contributed by atoms with Crippen molar-refractivity contribution in [2.24, 2.45) is 11.7 Å². The number of fused-ring (bicyclic) bond motifs is 5. The van der Waals surface area contributed by atoms with E-state index < -0.39 is 59.2 Å². The second-order valence-electron chi connectivity index (χ2n) is 17.4. The van der Waals surface area contributed by atoms with Crippen LogP contribution in [0.1, 0.15) is 94.0 Å². The number of rotatable bonds is 20. The summed E-state index contributed by atoms with van der Waals surface area (Å²) >= 11 is 0. The van der Waals surface area contributed by atoms with Gasteiger partial charge >= 0.3 is 12.0 Å². The summed E-state index contributed by atoms with van der Waals surface area (Å²) in [5.74, 6) is -2.80. The number of ether oxygens (including phenoxy) is 2. The second kappa shape index (κ2) is 20.6. The van der Waals surface area contributed by atoms with Gasteiger partial charge < -0.3 is 46.1 Å². The average molecular weight is 933 g/mol. The molecule has 0 radical (unpaired) electrons. The lowest BCUT2D eigenvalue weighted by Crippen LogP contribution is -2.54. The number of unbranched alkanes of at least 4 members (excludes halogenated alkanes) is 1. The summed E-state index contributed by atoms with van der Waals surface area (Å²) in [5.41, 5.74) is 8.47. The molecule has 7 rings (SSSR count). The zero-order valence-electron chi connectivity index (χ0n) is 38.4. The quantitative estimate of drug-likeness (QED) is 0.0373. The Morgan fingerprint density at radius 1 is 0.926 bits per heavy atom. The molecule has 0 fully saturated rings. The van der Waals surface area contributed by atoms with E-state index in [2.05, 4.69) is 21.3 Å². The molecule has 358 valence electrons. The summed E-state index contributed by atoms with van der Waals surface area (Å²) in [6.07, 6.45) is 4.38. The molecular formula is C49H56N8O11. The number of imide groups is 1. The van der Waals surface area contributed by atoms with E-state index in [1.807, 2.05) is 25.1 Å². The minimum Gasteiger partial charge on any atom is -0.489 e. The van der Waals surface area contributed by atoms with Crippen molar-refractivity contribution in [2.75, 3.05) is 18.4 Å². The van der Waals surface area contributed by atoms with Gasteiger partial charge in [-0.3, -0.25) is 33.7 Å². The number of anilines is 1. The van der Waals surface area contributed by atoms with Crippen LogP contribution in [0.4, 0.5) is 10.5 Å². The number of amides is 7. The molecule has 19 heteroatoms. The third kappa shape index (κ3) is 10.3. The lowest BCUT2D eigenvalue weighted by atomic mass is 9.86. The highest BCUT2D eigenvalue weighted by Crippen LogP contribution is 2.41. The van der Waals surface area contributed by atoms with Crippen molar-refractivity contribution in [1.29, 1.82) is 0 Å². The largest absolute Gasteiger partial charge is 0.489 e. The number of hydrogen-bond acceptors (Lipinski definition) is 12. The predicted octanol–water partition coefficient (Wildman–Crippen LogP) is 3.33. The van der Waals surface area contributed by atoms with Gasteiger partial charge in [0.15, 0.2) is 5.60 Å². The molecule has 3 aliphatic heterocycles.